The zero-order valence-electron chi connectivity index (χ0n) is 3.93. The third kappa shape index (κ3) is 4.08. The van der Waals surface area contributed by atoms with Crippen LogP contribution in [0, 0.1) is 0 Å². The summed E-state index contributed by atoms with van der Waals surface area (Å²) in [5, 5.41) is 8.28. The van der Waals surface area contributed by atoms with Gasteiger partial charge in [-0.05, 0) is 6.92 Å². The van der Waals surface area contributed by atoms with Crippen LogP contribution in [0.1, 0.15) is 6.92 Å². The van der Waals surface area contributed by atoms with Gasteiger partial charge in [0.2, 0.25) is 0 Å². The first-order valence-electron chi connectivity index (χ1n) is 1.88. The topological polar surface area (TPSA) is 38.7 Å². The minimum absolute atomic E-state index is 0.383. The van der Waals surface area contributed by atoms with Gasteiger partial charge in [-0.25, -0.2) is 0 Å². The third-order valence-corrected chi connectivity index (χ3v) is 0.538. The average molecular weight is 124 g/mol. The Morgan fingerprint density at radius 2 is 2.43 bits per heavy atom. The average Bonchev–Trinajstić information content (AvgIpc) is 1.68. The zero-order chi connectivity index (χ0) is 5.70. The summed E-state index contributed by atoms with van der Waals surface area (Å²) in [6.07, 6.45) is 0. The Morgan fingerprint density at radius 1 is 1.86 bits per heavy atom. The molecule has 0 rings (SSSR count). The van der Waals surface area contributed by atoms with E-state index in [1.54, 1.807) is 6.92 Å². The lowest BCUT2D eigenvalue weighted by atomic mass is 10.3. The Hall–Kier alpha value is 0.235. The highest BCUT2D eigenvalue weighted by Crippen LogP contribution is 1.85. The maximum Gasteiger partial charge on any atom is 0.653 e. The second-order valence-electron chi connectivity index (χ2n) is 0.851. The minimum atomic E-state index is -1.29. The van der Waals surface area contributed by atoms with E-state index < -0.39 is 7.32 Å². The molecule has 0 aliphatic carbocycles. The summed E-state index contributed by atoms with van der Waals surface area (Å²) in [4.78, 5) is 0. The fourth-order valence-electron chi connectivity index (χ4n) is 0.168. The number of halogens is 1. The van der Waals surface area contributed by atoms with Gasteiger partial charge in [0.1, 0.15) is 0 Å². The van der Waals surface area contributed by atoms with E-state index in [0.717, 1.165) is 0 Å². The summed E-state index contributed by atoms with van der Waals surface area (Å²) in [5.41, 5.74) is 0. The van der Waals surface area contributed by atoms with Gasteiger partial charge < -0.3 is 9.68 Å². The standard InChI is InChI=1S/C2H6BClO3/c1-2-6-3(5)7-4/h5H,2H2,1H3. The molecule has 0 aromatic rings. The van der Waals surface area contributed by atoms with Gasteiger partial charge in [0.05, 0.1) is 0 Å². The van der Waals surface area contributed by atoms with Crippen LogP contribution in [0.5, 0.6) is 0 Å². The second-order valence-corrected chi connectivity index (χ2v) is 1.03. The largest absolute Gasteiger partial charge is 0.653 e. The predicted octanol–water partition coefficient (Wildman–Crippen LogP) is 0.171. The van der Waals surface area contributed by atoms with Gasteiger partial charge >= 0.3 is 7.32 Å². The van der Waals surface area contributed by atoms with Crippen LogP contribution in [0.15, 0.2) is 0 Å². The van der Waals surface area contributed by atoms with E-state index in [-0.39, 0.29) is 0 Å². The van der Waals surface area contributed by atoms with Crippen LogP contribution in [0.25, 0.3) is 0 Å². The van der Waals surface area contributed by atoms with Gasteiger partial charge in [0.25, 0.3) is 0 Å². The van der Waals surface area contributed by atoms with E-state index in [1.165, 1.54) is 0 Å². The molecule has 0 saturated carbocycles. The molecular weight excluding hydrogens is 118 g/mol. The van der Waals surface area contributed by atoms with E-state index in [9.17, 15) is 0 Å². The Labute approximate surface area is 47.5 Å². The molecule has 0 aromatic heterocycles. The maximum absolute atomic E-state index is 8.28. The highest BCUT2D eigenvalue weighted by atomic mass is 35.5. The van der Waals surface area contributed by atoms with Crippen LogP contribution < -0.4 is 0 Å². The predicted molar refractivity (Wildman–Crippen MR) is 26.5 cm³/mol. The van der Waals surface area contributed by atoms with Gasteiger partial charge in [-0.1, -0.05) is 0 Å². The molecular formula is C2H6BClO3. The van der Waals surface area contributed by atoms with Gasteiger partial charge in [0.15, 0.2) is 0 Å². The van der Waals surface area contributed by atoms with Crippen molar-refractivity contribution in [1.29, 1.82) is 0 Å². The van der Waals surface area contributed by atoms with Crippen molar-refractivity contribution >= 4 is 19.2 Å². The van der Waals surface area contributed by atoms with Crippen LogP contribution >= 0.6 is 11.9 Å². The van der Waals surface area contributed by atoms with Crippen LogP contribution in [0.2, 0.25) is 0 Å². The first-order valence-corrected chi connectivity index (χ1v) is 2.19. The fourth-order valence-corrected chi connectivity index (χ4v) is 0.220. The molecule has 0 fully saturated rings. The molecule has 3 nitrogen and oxygen atoms in total. The van der Waals surface area contributed by atoms with E-state index in [1.807, 2.05) is 0 Å². The SMILES string of the molecule is CCOB(O)OCl. The van der Waals surface area contributed by atoms with Gasteiger partial charge in [-0.15, -0.1) is 0 Å². The molecule has 0 saturated heterocycles. The van der Waals surface area contributed by atoms with Crippen LogP contribution in [-0.2, 0) is 8.86 Å². The lowest BCUT2D eigenvalue weighted by Crippen LogP contribution is -2.17. The zero-order valence-corrected chi connectivity index (χ0v) is 4.68. The fraction of sp³-hybridized carbons (Fsp3) is 1.00. The molecule has 5 heteroatoms. The first-order chi connectivity index (χ1) is 3.31. The Morgan fingerprint density at radius 3 is 2.57 bits per heavy atom. The molecule has 0 bridgehead atoms. The molecule has 0 radical (unpaired) electrons. The summed E-state index contributed by atoms with van der Waals surface area (Å²) < 4.78 is 8.19. The van der Waals surface area contributed by atoms with Crippen LogP contribution in [0.3, 0.4) is 0 Å². The summed E-state index contributed by atoms with van der Waals surface area (Å²) in [7, 11) is -1.29. The van der Waals surface area contributed by atoms with Crippen molar-refractivity contribution in [3.63, 3.8) is 0 Å². The number of rotatable bonds is 3. The molecule has 0 unspecified atom stereocenters. The monoisotopic (exact) mass is 124 g/mol. The highest BCUT2D eigenvalue weighted by Gasteiger charge is 2.11. The number of hydrogen-bond acceptors (Lipinski definition) is 3. The summed E-state index contributed by atoms with van der Waals surface area (Å²) in [6.45, 7) is 2.10. The molecule has 0 amide bonds. The molecule has 0 aliphatic heterocycles. The molecule has 0 aliphatic rings. The molecule has 0 atom stereocenters. The summed E-state index contributed by atoms with van der Waals surface area (Å²) >= 11 is 4.66. The Kier molecular flexibility index (Phi) is 4.54. The van der Waals surface area contributed by atoms with Crippen LogP contribution in [-0.4, -0.2) is 19.0 Å². The highest BCUT2D eigenvalue weighted by molar-refractivity contribution is 6.42. The Balaban J connectivity index is 2.83. The molecule has 1 N–H and O–H groups in total. The van der Waals surface area contributed by atoms with Crippen LogP contribution in [0.4, 0.5) is 0 Å². The van der Waals surface area contributed by atoms with Crippen molar-refractivity contribution in [2.45, 2.75) is 6.92 Å². The third-order valence-electron chi connectivity index (χ3n) is 0.385. The van der Waals surface area contributed by atoms with E-state index in [0.29, 0.717) is 6.61 Å². The second kappa shape index (κ2) is 4.40. The van der Waals surface area contributed by atoms with E-state index >= 15 is 0 Å². The molecule has 0 heterocycles. The molecule has 7 heavy (non-hydrogen) atoms. The van der Waals surface area contributed by atoms with Crippen molar-refractivity contribution in [3.8, 4) is 0 Å². The van der Waals surface area contributed by atoms with Gasteiger partial charge in [0, 0.05) is 18.5 Å². The minimum Gasteiger partial charge on any atom is -0.401 e. The quantitative estimate of drug-likeness (QED) is 0.545. The lowest BCUT2D eigenvalue weighted by molar-refractivity contribution is 0.210. The van der Waals surface area contributed by atoms with E-state index in [2.05, 4.69) is 20.7 Å². The van der Waals surface area contributed by atoms with Crippen molar-refractivity contribution < 1.29 is 13.9 Å². The number of hydrogen-bond donors (Lipinski definition) is 1. The first kappa shape index (κ1) is 7.23. The van der Waals surface area contributed by atoms with Crippen molar-refractivity contribution in [1.82, 2.24) is 0 Å². The molecule has 42 valence electrons. The molecule has 0 aromatic carbocycles. The van der Waals surface area contributed by atoms with Crippen molar-refractivity contribution in [2.24, 2.45) is 0 Å². The maximum atomic E-state index is 8.28. The van der Waals surface area contributed by atoms with Crippen molar-refractivity contribution in [3.05, 3.63) is 0 Å². The Bertz CT molecular complexity index is 43.9. The molecule has 0 spiro atoms. The normalized spacial score (nSPS) is 9.00. The van der Waals surface area contributed by atoms with Gasteiger partial charge in [-0.2, -0.15) is 0 Å². The summed E-state index contributed by atoms with van der Waals surface area (Å²) in [6, 6.07) is 0. The lowest BCUT2D eigenvalue weighted by Gasteiger charge is -1.96. The summed E-state index contributed by atoms with van der Waals surface area (Å²) in [5.74, 6) is 0. The van der Waals surface area contributed by atoms with E-state index in [4.69, 9.17) is 5.02 Å². The van der Waals surface area contributed by atoms with Crippen molar-refractivity contribution in [2.75, 3.05) is 6.61 Å². The van der Waals surface area contributed by atoms with Gasteiger partial charge in [-0.3, -0.25) is 4.21 Å². The smallest absolute Gasteiger partial charge is 0.401 e.